The molecule has 0 aliphatic rings. The van der Waals surface area contributed by atoms with E-state index in [0.717, 1.165) is 25.7 Å². The van der Waals surface area contributed by atoms with Gasteiger partial charge in [-0.2, -0.15) is 0 Å². The molecule has 7 heteroatoms. The van der Waals surface area contributed by atoms with E-state index in [1.54, 1.807) is 36.4 Å². The minimum Gasteiger partial charge on any atom is -0.352 e. The lowest BCUT2D eigenvalue weighted by molar-refractivity contribution is 0.0938. The van der Waals surface area contributed by atoms with Crippen LogP contribution in [0, 0.1) is 11.8 Å². The zero-order valence-corrected chi connectivity index (χ0v) is 23.1. The maximum Gasteiger partial charge on any atom is 0.251 e. The molecule has 37 heavy (non-hydrogen) atoms. The predicted molar refractivity (Wildman–Crippen MR) is 152 cm³/mol. The highest BCUT2D eigenvalue weighted by Crippen LogP contribution is 2.17. The van der Waals surface area contributed by atoms with Crippen LogP contribution in [0.4, 0.5) is 11.4 Å². The van der Waals surface area contributed by atoms with Crippen molar-refractivity contribution in [1.82, 2.24) is 10.6 Å². The van der Waals surface area contributed by atoms with E-state index in [0.29, 0.717) is 47.4 Å². The molecule has 0 radical (unpaired) electrons. The predicted octanol–water partition coefficient (Wildman–Crippen LogP) is 7.69. The highest BCUT2D eigenvalue weighted by molar-refractivity contribution is 5.95. The molecule has 202 valence electrons. The smallest absolute Gasteiger partial charge is 0.251 e. The number of carbonyl (C=O) groups is 2. The maximum absolute atomic E-state index is 12.6. The van der Waals surface area contributed by atoms with Gasteiger partial charge in [0.15, 0.2) is 0 Å². The molecule has 0 bridgehead atoms. The summed E-state index contributed by atoms with van der Waals surface area (Å²) in [6.45, 7) is 10.1. The van der Waals surface area contributed by atoms with Crippen molar-refractivity contribution in [1.29, 1.82) is 0 Å². The zero-order chi connectivity index (χ0) is 26.9. The van der Waals surface area contributed by atoms with Crippen LogP contribution in [0.2, 0.25) is 0 Å². The van der Waals surface area contributed by atoms with E-state index in [1.807, 2.05) is 12.1 Å². The van der Waals surface area contributed by atoms with Crippen molar-refractivity contribution in [3.63, 3.8) is 0 Å². The summed E-state index contributed by atoms with van der Waals surface area (Å²) in [5.41, 5.74) is 5.26. The van der Waals surface area contributed by atoms with Crippen molar-refractivity contribution < 1.29 is 9.59 Å². The lowest BCUT2D eigenvalue weighted by Gasteiger charge is -2.15. The molecule has 2 amide bonds. The fraction of sp³-hybridized carbons (Fsp3) is 0.533. The van der Waals surface area contributed by atoms with Crippen LogP contribution in [0.5, 0.6) is 0 Å². The molecule has 2 aromatic carbocycles. The summed E-state index contributed by atoms with van der Waals surface area (Å²) in [5.74, 6) is 0.821. The number of hydrogen-bond donors (Lipinski definition) is 3. The zero-order valence-electron chi connectivity index (χ0n) is 23.1. The molecule has 0 saturated carbocycles. The van der Waals surface area contributed by atoms with Crippen LogP contribution in [0.15, 0.2) is 58.9 Å². The number of rotatable bonds is 17. The van der Waals surface area contributed by atoms with Gasteiger partial charge in [-0.3, -0.25) is 15.0 Å². The van der Waals surface area contributed by atoms with E-state index in [9.17, 15) is 9.59 Å². The first-order chi connectivity index (χ1) is 18.0. The summed E-state index contributed by atoms with van der Waals surface area (Å²) in [6, 6.07) is 14.3. The lowest BCUT2D eigenvalue weighted by atomic mass is 9.99. The third kappa shape index (κ3) is 11.1. The molecular weight excluding hydrogens is 462 g/mol. The third-order valence-corrected chi connectivity index (χ3v) is 6.77. The van der Waals surface area contributed by atoms with Crippen LogP contribution in [-0.2, 0) is 0 Å². The van der Waals surface area contributed by atoms with Crippen LogP contribution in [0.25, 0.3) is 0 Å². The molecule has 0 aromatic heterocycles. The number of carbonyl (C=O) groups excluding carboxylic acids is 2. The average Bonchev–Trinajstić information content (AvgIpc) is 2.93. The fourth-order valence-electron chi connectivity index (χ4n) is 4.14. The molecule has 2 rings (SSSR count). The van der Waals surface area contributed by atoms with E-state index >= 15 is 0 Å². The fourth-order valence-corrected chi connectivity index (χ4v) is 4.14. The molecule has 0 saturated heterocycles. The second-order valence-corrected chi connectivity index (χ2v) is 9.70. The van der Waals surface area contributed by atoms with Crippen LogP contribution in [-0.4, -0.2) is 24.9 Å². The van der Waals surface area contributed by atoms with Crippen molar-refractivity contribution >= 4 is 23.2 Å². The van der Waals surface area contributed by atoms with Gasteiger partial charge in [0.2, 0.25) is 0 Å². The van der Waals surface area contributed by atoms with Crippen LogP contribution >= 0.6 is 0 Å². The van der Waals surface area contributed by atoms with E-state index in [4.69, 9.17) is 0 Å². The summed E-state index contributed by atoms with van der Waals surface area (Å²) in [6.07, 6.45) is 9.09. The SMILES string of the molecule is CCCCC(CC)CNC(=O)c1cccc(/N=N/Nc2cccc(C(=O)NCC(CC)CCCC)c2)c1. The van der Waals surface area contributed by atoms with E-state index in [2.05, 4.69) is 54.1 Å². The largest absolute Gasteiger partial charge is 0.352 e. The van der Waals surface area contributed by atoms with E-state index < -0.39 is 0 Å². The second-order valence-electron chi connectivity index (χ2n) is 9.70. The molecule has 2 atom stereocenters. The first-order valence-corrected chi connectivity index (χ1v) is 13.9. The van der Waals surface area contributed by atoms with Crippen LogP contribution in [0.3, 0.4) is 0 Å². The van der Waals surface area contributed by atoms with Crippen molar-refractivity contribution in [3.05, 3.63) is 59.7 Å². The monoisotopic (exact) mass is 507 g/mol. The molecule has 2 unspecified atom stereocenters. The Balaban J connectivity index is 1.91. The van der Waals surface area contributed by atoms with Crippen LogP contribution in [0.1, 0.15) is 99.8 Å². The molecule has 0 aliphatic heterocycles. The Hall–Kier alpha value is -3.22. The number of anilines is 1. The highest BCUT2D eigenvalue weighted by atomic mass is 16.2. The topological polar surface area (TPSA) is 94.9 Å². The minimum absolute atomic E-state index is 0.0887. The molecular formula is C30H45N5O2. The first-order valence-electron chi connectivity index (χ1n) is 13.9. The molecule has 2 aromatic rings. The molecule has 7 nitrogen and oxygen atoms in total. The van der Waals surface area contributed by atoms with Gasteiger partial charge in [-0.05, 0) is 61.1 Å². The average molecular weight is 508 g/mol. The Bertz CT molecular complexity index is 991. The van der Waals surface area contributed by atoms with Gasteiger partial charge in [-0.25, -0.2) is 0 Å². The molecule has 3 N–H and O–H groups in total. The summed E-state index contributed by atoms with van der Waals surface area (Å²) >= 11 is 0. The first kappa shape index (κ1) is 30.0. The quantitative estimate of drug-likeness (QED) is 0.151. The van der Waals surface area contributed by atoms with Crippen LogP contribution < -0.4 is 16.1 Å². The Morgan fingerprint density at radius 2 is 1.30 bits per heavy atom. The molecule has 0 aliphatic carbocycles. The van der Waals surface area contributed by atoms with Crippen molar-refractivity contribution in [2.45, 2.75) is 79.1 Å². The second kappa shape index (κ2) is 17.3. The normalized spacial score (nSPS) is 12.8. The Morgan fingerprint density at radius 3 is 1.84 bits per heavy atom. The minimum atomic E-state index is -0.0984. The van der Waals surface area contributed by atoms with Gasteiger partial charge in [0.05, 0.1) is 11.4 Å². The summed E-state index contributed by atoms with van der Waals surface area (Å²) in [5, 5.41) is 14.4. The lowest BCUT2D eigenvalue weighted by Crippen LogP contribution is -2.29. The number of amides is 2. The Labute approximate surface area is 222 Å². The van der Waals surface area contributed by atoms with Crippen molar-refractivity contribution in [3.8, 4) is 0 Å². The standard InChI is InChI=1S/C30H45N5O2/c1-5-9-13-23(7-3)21-31-29(36)25-15-11-17-27(19-25)33-35-34-28-18-12-16-26(20-28)30(37)32-22-24(8-4)14-10-6-2/h11-12,15-20,23-24H,5-10,13-14,21-22H2,1-4H3,(H,31,36)(H,32,37)(H,33,34). The number of nitrogens with zero attached hydrogens (tertiary/aromatic N) is 2. The summed E-state index contributed by atoms with van der Waals surface area (Å²) in [7, 11) is 0. The number of unbranched alkanes of at least 4 members (excludes halogenated alkanes) is 2. The van der Waals surface area contributed by atoms with E-state index in [1.165, 1.54) is 25.7 Å². The van der Waals surface area contributed by atoms with Gasteiger partial charge in [0, 0.05) is 24.2 Å². The van der Waals surface area contributed by atoms with Gasteiger partial charge < -0.3 is 10.6 Å². The highest BCUT2D eigenvalue weighted by Gasteiger charge is 2.12. The molecule has 0 heterocycles. The van der Waals surface area contributed by atoms with Gasteiger partial charge in [-0.15, -0.1) is 5.11 Å². The van der Waals surface area contributed by atoms with Gasteiger partial charge >= 0.3 is 0 Å². The Morgan fingerprint density at radius 1 is 0.757 bits per heavy atom. The summed E-state index contributed by atoms with van der Waals surface area (Å²) < 4.78 is 0. The molecule has 0 spiro atoms. The van der Waals surface area contributed by atoms with Gasteiger partial charge in [-0.1, -0.05) is 83.6 Å². The van der Waals surface area contributed by atoms with Gasteiger partial charge in [0.1, 0.15) is 0 Å². The third-order valence-electron chi connectivity index (χ3n) is 6.77. The number of nitrogens with one attached hydrogen (secondary N) is 3. The number of benzene rings is 2. The maximum atomic E-state index is 12.6. The Kier molecular flexibility index (Phi) is 14.0. The molecule has 0 fully saturated rings. The van der Waals surface area contributed by atoms with Gasteiger partial charge in [0.25, 0.3) is 11.8 Å². The van der Waals surface area contributed by atoms with Crippen molar-refractivity contribution in [2.75, 3.05) is 18.5 Å². The van der Waals surface area contributed by atoms with E-state index in [-0.39, 0.29) is 11.8 Å². The summed E-state index contributed by atoms with van der Waals surface area (Å²) in [4.78, 5) is 25.2. The number of hydrogen-bond acceptors (Lipinski definition) is 4. The van der Waals surface area contributed by atoms with Crippen molar-refractivity contribution in [2.24, 2.45) is 22.2 Å².